The van der Waals surface area contributed by atoms with Crippen molar-refractivity contribution in [2.45, 2.75) is 63.1 Å². The molecular weight excluding hydrogens is 188 g/mol. The molecule has 1 saturated carbocycles. The van der Waals surface area contributed by atoms with Crippen LogP contribution in [0.2, 0.25) is 0 Å². The lowest BCUT2D eigenvalue weighted by atomic mass is 9.74. The molecule has 2 heteroatoms. The monoisotopic (exact) mass is 212 g/mol. The average Bonchev–Trinajstić information content (AvgIpc) is 2.17. The molecule has 0 aromatic carbocycles. The van der Waals surface area contributed by atoms with E-state index in [1.807, 2.05) is 6.08 Å². The van der Waals surface area contributed by atoms with Crippen LogP contribution in [0, 0.1) is 0 Å². The van der Waals surface area contributed by atoms with Gasteiger partial charge in [0.1, 0.15) is 0 Å². The highest BCUT2D eigenvalue weighted by Gasteiger charge is 2.43. The van der Waals surface area contributed by atoms with E-state index in [1.54, 1.807) is 7.11 Å². The van der Waals surface area contributed by atoms with E-state index in [2.05, 4.69) is 6.58 Å². The zero-order valence-corrected chi connectivity index (χ0v) is 9.87. The molecule has 15 heavy (non-hydrogen) atoms. The van der Waals surface area contributed by atoms with Crippen LogP contribution in [0.3, 0.4) is 0 Å². The minimum absolute atomic E-state index is 0.196. The molecule has 0 aromatic rings. The Morgan fingerprint density at radius 1 is 1.40 bits per heavy atom. The van der Waals surface area contributed by atoms with Gasteiger partial charge >= 0.3 is 0 Å². The van der Waals surface area contributed by atoms with Gasteiger partial charge in [0.15, 0.2) is 0 Å². The lowest BCUT2D eigenvalue weighted by Crippen LogP contribution is -2.49. The molecule has 0 heterocycles. The molecule has 1 aliphatic rings. The van der Waals surface area contributed by atoms with Crippen LogP contribution < -0.4 is 0 Å². The number of ether oxygens (including phenoxy) is 1. The second-order valence-electron chi connectivity index (χ2n) is 4.56. The van der Waals surface area contributed by atoms with Crippen molar-refractivity contribution in [3.05, 3.63) is 12.7 Å². The molecular formula is C13H24O2. The van der Waals surface area contributed by atoms with E-state index < -0.39 is 0 Å². The first-order valence-corrected chi connectivity index (χ1v) is 6.09. The van der Waals surface area contributed by atoms with E-state index in [9.17, 15) is 5.11 Å². The Morgan fingerprint density at radius 2 is 2.13 bits per heavy atom. The number of aliphatic hydroxyl groups is 1. The number of unbranched alkanes of at least 4 members (excludes halogenated alkanes) is 3. The van der Waals surface area contributed by atoms with Crippen LogP contribution in [0.25, 0.3) is 0 Å². The minimum Gasteiger partial charge on any atom is -0.390 e. The van der Waals surface area contributed by atoms with Gasteiger partial charge in [-0.1, -0.05) is 18.9 Å². The summed E-state index contributed by atoms with van der Waals surface area (Å²) < 4.78 is 5.45. The summed E-state index contributed by atoms with van der Waals surface area (Å²) in [5.74, 6) is 0. The maximum Gasteiger partial charge on any atom is 0.0936 e. The van der Waals surface area contributed by atoms with Gasteiger partial charge in [0.25, 0.3) is 0 Å². The zero-order valence-electron chi connectivity index (χ0n) is 9.87. The summed E-state index contributed by atoms with van der Waals surface area (Å²) in [4.78, 5) is 0. The summed E-state index contributed by atoms with van der Waals surface area (Å²) in [5, 5.41) is 10.0. The van der Waals surface area contributed by atoms with Gasteiger partial charge in [-0.05, 0) is 38.5 Å². The summed E-state index contributed by atoms with van der Waals surface area (Å²) in [6.07, 6.45) is 10.4. The molecule has 0 saturated heterocycles. The van der Waals surface area contributed by atoms with Gasteiger partial charge in [-0.2, -0.15) is 0 Å². The number of allylic oxidation sites excluding steroid dienone is 1. The van der Waals surface area contributed by atoms with Crippen molar-refractivity contribution in [2.24, 2.45) is 0 Å². The van der Waals surface area contributed by atoms with Crippen molar-refractivity contribution in [3.63, 3.8) is 0 Å². The second-order valence-corrected chi connectivity index (χ2v) is 4.56. The third kappa shape index (κ3) is 3.32. The van der Waals surface area contributed by atoms with Gasteiger partial charge in [0, 0.05) is 7.11 Å². The van der Waals surface area contributed by atoms with E-state index >= 15 is 0 Å². The quantitative estimate of drug-likeness (QED) is 0.495. The number of aliphatic hydroxyl groups excluding tert-OH is 1. The topological polar surface area (TPSA) is 29.5 Å². The van der Waals surface area contributed by atoms with Crippen molar-refractivity contribution in [3.8, 4) is 0 Å². The third-order valence-electron chi connectivity index (χ3n) is 3.60. The third-order valence-corrected chi connectivity index (χ3v) is 3.60. The van der Waals surface area contributed by atoms with E-state index in [4.69, 9.17) is 4.74 Å². The van der Waals surface area contributed by atoms with Gasteiger partial charge in [-0.15, -0.1) is 6.58 Å². The molecule has 1 atom stereocenters. The van der Waals surface area contributed by atoms with E-state index in [0.717, 1.165) is 32.1 Å². The summed E-state index contributed by atoms with van der Waals surface area (Å²) in [6.45, 7) is 3.70. The second kappa shape index (κ2) is 6.29. The van der Waals surface area contributed by atoms with Crippen molar-refractivity contribution in [2.75, 3.05) is 7.11 Å². The number of rotatable bonds is 8. The Morgan fingerprint density at radius 3 is 2.60 bits per heavy atom. The van der Waals surface area contributed by atoms with Crippen LogP contribution in [0.4, 0.5) is 0 Å². The van der Waals surface area contributed by atoms with E-state index in [1.165, 1.54) is 19.3 Å². The van der Waals surface area contributed by atoms with Crippen LogP contribution >= 0.6 is 0 Å². The molecule has 88 valence electrons. The summed E-state index contributed by atoms with van der Waals surface area (Å²) in [6, 6.07) is 0. The Labute approximate surface area is 93.3 Å². The summed E-state index contributed by atoms with van der Waals surface area (Å²) >= 11 is 0. The molecule has 1 fully saturated rings. The molecule has 1 rings (SSSR count). The van der Waals surface area contributed by atoms with Gasteiger partial charge in [0.05, 0.1) is 11.7 Å². The van der Waals surface area contributed by atoms with Gasteiger partial charge in [-0.25, -0.2) is 0 Å². The Bertz CT molecular complexity index is 179. The maximum atomic E-state index is 10.0. The highest BCUT2D eigenvalue weighted by atomic mass is 16.5. The van der Waals surface area contributed by atoms with E-state index in [0.29, 0.717) is 0 Å². The van der Waals surface area contributed by atoms with Gasteiger partial charge in [0.2, 0.25) is 0 Å². The van der Waals surface area contributed by atoms with Crippen LogP contribution in [-0.4, -0.2) is 23.9 Å². The highest BCUT2D eigenvalue weighted by Crippen LogP contribution is 2.39. The molecule has 2 nitrogen and oxygen atoms in total. The van der Waals surface area contributed by atoms with Crippen LogP contribution in [0.1, 0.15) is 51.4 Å². The zero-order chi connectivity index (χ0) is 11.1. The number of hydrogen-bond donors (Lipinski definition) is 1. The van der Waals surface area contributed by atoms with Crippen molar-refractivity contribution < 1.29 is 9.84 Å². The predicted molar refractivity (Wildman–Crippen MR) is 62.9 cm³/mol. The molecule has 1 N–H and O–H groups in total. The van der Waals surface area contributed by atoms with Crippen molar-refractivity contribution >= 4 is 0 Å². The lowest BCUT2D eigenvalue weighted by Gasteiger charge is -2.44. The minimum atomic E-state index is -0.264. The SMILES string of the molecule is C=CCCCCCC(O)C1(OC)CCC1. The van der Waals surface area contributed by atoms with Crippen molar-refractivity contribution in [1.29, 1.82) is 0 Å². The molecule has 0 spiro atoms. The van der Waals surface area contributed by atoms with Crippen LogP contribution in [0.15, 0.2) is 12.7 Å². The van der Waals surface area contributed by atoms with Crippen LogP contribution in [-0.2, 0) is 4.74 Å². The first-order chi connectivity index (χ1) is 7.25. The molecule has 1 aliphatic carbocycles. The average molecular weight is 212 g/mol. The number of hydrogen-bond acceptors (Lipinski definition) is 2. The Hall–Kier alpha value is -0.340. The Kier molecular flexibility index (Phi) is 5.34. The molecule has 0 amide bonds. The maximum absolute atomic E-state index is 10.0. The fraction of sp³-hybridized carbons (Fsp3) is 0.846. The summed E-state index contributed by atoms with van der Waals surface area (Å²) in [5.41, 5.74) is -0.196. The summed E-state index contributed by atoms with van der Waals surface area (Å²) in [7, 11) is 1.72. The predicted octanol–water partition coefficient (Wildman–Crippen LogP) is 3.05. The molecule has 0 bridgehead atoms. The molecule has 0 aliphatic heterocycles. The standard InChI is InChI=1S/C13H24O2/c1-3-4-5-6-7-9-12(14)13(15-2)10-8-11-13/h3,12,14H,1,4-11H2,2H3. The van der Waals surface area contributed by atoms with Crippen molar-refractivity contribution in [1.82, 2.24) is 0 Å². The van der Waals surface area contributed by atoms with Gasteiger partial charge < -0.3 is 9.84 Å². The first kappa shape index (κ1) is 12.7. The number of methoxy groups -OCH3 is 1. The fourth-order valence-corrected chi connectivity index (χ4v) is 2.26. The highest BCUT2D eigenvalue weighted by molar-refractivity contribution is 4.95. The normalized spacial score (nSPS) is 20.7. The van der Waals surface area contributed by atoms with E-state index in [-0.39, 0.29) is 11.7 Å². The lowest BCUT2D eigenvalue weighted by molar-refractivity contribution is -0.151. The van der Waals surface area contributed by atoms with Gasteiger partial charge in [-0.3, -0.25) is 0 Å². The molecule has 1 unspecified atom stereocenters. The Balaban J connectivity index is 2.12. The molecule has 0 aromatic heterocycles. The first-order valence-electron chi connectivity index (χ1n) is 6.09. The molecule has 0 radical (unpaired) electrons. The smallest absolute Gasteiger partial charge is 0.0936 e. The largest absolute Gasteiger partial charge is 0.390 e. The van der Waals surface area contributed by atoms with Crippen LogP contribution in [0.5, 0.6) is 0 Å². The fourth-order valence-electron chi connectivity index (χ4n) is 2.26.